The Morgan fingerprint density at radius 1 is 1.26 bits per heavy atom. The van der Waals surface area contributed by atoms with Crippen LogP contribution in [0.1, 0.15) is 15.9 Å². The predicted molar refractivity (Wildman–Crippen MR) is 91.4 cm³/mol. The summed E-state index contributed by atoms with van der Waals surface area (Å²) in [4.78, 5) is 23.1. The molecule has 0 aliphatic carbocycles. The van der Waals surface area contributed by atoms with Crippen molar-refractivity contribution in [3.63, 3.8) is 0 Å². The second kappa shape index (κ2) is 7.78. The third-order valence-electron chi connectivity index (χ3n) is 3.08. The van der Waals surface area contributed by atoms with Crippen LogP contribution in [0.15, 0.2) is 40.9 Å². The molecule has 0 atom stereocenters. The van der Waals surface area contributed by atoms with Gasteiger partial charge in [-0.3, -0.25) is 9.59 Å². The standard InChI is InChI=1S/C17H16BrNO4/c1-11-3-5-14(6-4-11)19-16(21)10-23-17-12(9-20)7-13(18)8-15(17)22-2/h3-9H,10H2,1-2H3,(H,19,21). The lowest BCUT2D eigenvalue weighted by Crippen LogP contribution is -2.20. The van der Waals surface area contributed by atoms with E-state index in [-0.39, 0.29) is 18.3 Å². The first-order valence-corrected chi connectivity index (χ1v) is 7.65. The molecule has 0 spiro atoms. The Morgan fingerprint density at radius 3 is 2.57 bits per heavy atom. The molecule has 0 saturated carbocycles. The van der Waals surface area contributed by atoms with Gasteiger partial charge in [0.25, 0.3) is 5.91 Å². The predicted octanol–water partition coefficient (Wildman–Crippen LogP) is 3.60. The fourth-order valence-electron chi connectivity index (χ4n) is 1.95. The third-order valence-corrected chi connectivity index (χ3v) is 3.54. The summed E-state index contributed by atoms with van der Waals surface area (Å²) in [6, 6.07) is 10.7. The molecule has 23 heavy (non-hydrogen) atoms. The van der Waals surface area contributed by atoms with Crippen LogP contribution < -0.4 is 14.8 Å². The normalized spacial score (nSPS) is 10.0. The minimum absolute atomic E-state index is 0.229. The van der Waals surface area contributed by atoms with Crippen LogP contribution in [-0.4, -0.2) is 25.9 Å². The molecule has 5 nitrogen and oxygen atoms in total. The molecule has 0 aliphatic rings. The van der Waals surface area contributed by atoms with E-state index in [1.54, 1.807) is 12.1 Å². The van der Waals surface area contributed by atoms with Crippen LogP contribution in [0.25, 0.3) is 0 Å². The highest BCUT2D eigenvalue weighted by Crippen LogP contribution is 2.33. The van der Waals surface area contributed by atoms with Gasteiger partial charge in [0, 0.05) is 10.2 Å². The van der Waals surface area contributed by atoms with Crippen LogP contribution in [0.5, 0.6) is 11.5 Å². The topological polar surface area (TPSA) is 64.6 Å². The van der Waals surface area contributed by atoms with Gasteiger partial charge in [0.2, 0.25) is 0 Å². The summed E-state index contributed by atoms with van der Waals surface area (Å²) in [6.45, 7) is 1.74. The lowest BCUT2D eigenvalue weighted by molar-refractivity contribution is -0.118. The lowest BCUT2D eigenvalue weighted by atomic mass is 10.2. The van der Waals surface area contributed by atoms with Crippen LogP contribution in [0.3, 0.4) is 0 Å². The Kier molecular flexibility index (Phi) is 5.76. The molecule has 0 fully saturated rings. The third kappa shape index (κ3) is 4.56. The number of anilines is 1. The van der Waals surface area contributed by atoms with E-state index in [0.29, 0.717) is 27.8 Å². The molecule has 0 unspecified atom stereocenters. The van der Waals surface area contributed by atoms with Gasteiger partial charge in [-0.05, 0) is 31.2 Å². The molecule has 1 amide bonds. The van der Waals surface area contributed by atoms with Gasteiger partial charge in [-0.15, -0.1) is 0 Å². The van der Waals surface area contributed by atoms with Gasteiger partial charge in [0.1, 0.15) is 0 Å². The Labute approximate surface area is 142 Å². The van der Waals surface area contributed by atoms with Crippen LogP contribution in [0.4, 0.5) is 5.69 Å². The Hall–Kier alpha value is -2.34. The number of nitrogens with one attached hydrogen (secondary N) is 1. The van der Waals surface area contributed by atoms with Crippen molar-refractivity contribution in [2.24, 2.45) is 0 Å². The summed E-state index contributed by atoms with van der Waals surface area (Å²) >= 11 is 3.29. The molecule has 0 heterocycles. The van der Waals surface area contributed by atoms with E-state index >= 15 is 0 Å². The number of benzene rings is 2. The van der Waals surface area contributed by atoms with Crippen LogP contribution in [-0.2, 0) is 4.79 Å². The number of rotatable bonds is 6. The molecule has 6 heteroatoms. The first-order valence-electron chi connectivity index (χ1n) is 6.85. The monoisotopic (exact) mass is 377 g/mol. The number of aryl methyl sites for hydroxylation is 1. The Bertz CT molecular complexity index is 713. The van der Waals surface area contributed by atoms with Crippen molar-refractivity contribution in [2.45, 2.75) is 6.92 Å². The maximum absolute atomic E-state index is 12.0. The molecule has 120 valence electrons. The van der Waals surface area contributed by atoms with E-state index in [4.69, 9.17) is 9.47 Å². The summed E-state index contributed by atoms with van der Waals surface area (Å²) in [5.41, 5.74) is 2.09. The number of methoxy groups -OCH3 is 1. The SMILES string of the molecule is COc1cc(Br)cc(C=O)c1OCC(=O)Nc1ccc(C)cc1. The van der Waals surface area contributed by atoms with Gasteiger partial charge in [-0.2, -0.15) is 0 Å². The largest absolute Gasteiger partial charge is 0.493 e. The smallest absolute Gasteiger partial charge is 0.262 e. The maximum atomic E-state index is 12.0. The summed E-state index contributed by atoms with van der Waals surface area (Å²) in [7, 11) is 1.47. The number of amides is 1. The number of ether oxygens (including phenoxy) is 2. The molecular weight excluding hydrogens is 362 g/mol. The molecular formula is C17H16BrNO4. The first kappa shape index (κ1) is 17.0. The second-order valence-electron chi connectivity index (χ2n) is 4.85. The minimum atomic E-state index is -0.323. The van der Waals surface area contributed by atoms with E-state index in [1.807, 2.05) is 31.2 Å². The van der Waals surface area contributed by atoms with E-state index in [9.17, 15) is 9.59 Å². The van der Waals surface area contributed by atoms with Crippen molar-refractivity contribution in [1.29, 1.82) is 0 Å². The number of hydrogen-bond donors (Lipinski definition) is 1. The summed E-state index contributed by atoms with van der Waals surface area (Å²) in [5.74, 6) is 0.296. The number of aldehydes is 1. The van der Waals surface area contributed by atoms with Gasteiger partial charge >= 0.3 is 0 Å². The van der Waals surface area contributed by atoms with Crippen molar-refractivity contribution < 1.29 is 19.1 Å². The fraction of sp³-hybridized carbons (Fsp3) is 0.176. The van der Waals surface area contributed by atoms with Crippen molar-refractivity contribution >= 4 is 33.8 Å². The quantitative estimate of drug-likeness (QED) is 0.781. The van der Waals surface area contributed by atoms with Crippen molar-refractivity contribution in [3.8, 4) is 11.5 Å². The highest BCUT2D eigenvalue weighted by molar-refractivity contribution is 9.10. The van der Waals surface area contributed by atoms with E-state index in [0.717, 1.165) is 5.56 Å². The highest BCUT2D eigenvalue weighted by Gasteiger charge is 2.14. The van der Waals surface area contributed by atoms with E-state index < -0.39 is 0 Å². The average molecular weight is 378 g/mol. The molecule has 1 N–H and O–H groups in total. The van der Waals surface area contributed by atoms with Gasteiger partial charge in [-0.25, -0.2) is 0 Å². The van der Waals surface area contributed by atoms with Crippen molar-refractivity contribution in [1.82, 2.24) is 0 Å². The molecule has 0 aromatic heterocycles. The molecule has 2 rings (SSSR count). The first-order chi connectivity index (χ1) is 11.0. The zero-order chi connectivity index (χ0) is 16.8. The Morgan fingerprint density at radius 2 is 1.96 bits per heavy atom. The van der Waals surface area contributed by atoms with E-state index in [1.165, 1.54) is 7.11 Å². The zero-order valence-electron chi connectivity index (χ0n) is 12.8. The molecule has 0 radical (unpaired) electrons. The van der Waals surface area contributed by atoms with Gasteiger partial charge in [0.05, 0.1) is 12.7 Å². The fourth-order valence-corrected chi connectivity index (χ4v) is 2.41. The number of carbonyl (C=O) groups excluding carboxylic acids is 2. The minimum Gasteiger partial charge on any atom is -0.493 e. The van der Waals surface area contributed by atoms with Crippen LogP contribution in [0, 0.1) is 6.92 Å². The average Bonchev–Trinajstić information content (AvgIpc) is 2.54. The summed E-state index contributed by atoms with van der Waals surface area (Å²) < 4.78 is 11.3. The molecule has 0 bridgehead atoms. The van der Waals surface area contributed by atoms with Gasteiger partial charge < -0.3 is 14.8 Å². The zero-order valence-corrected chi connectivity index (χ0v) is 14.3. The number of halogens is 1. The summed E-state index contributed by atoms with van der Waals surface area (Å²) in [5, 5.41) is 2.72. The van der Waals surface area contributed by atoms with Gasteiger partial charge in [0.15, 0.2) is 24.4 Å². The summed E-state index contributed by atoms with van der Waals surface area (Å²) in [6.07, 6.45) is 0.653. The van der Waals surface area contributed by atoms with Crippen LogP contribution in [0.2, 0.25) is 0 Å². The van der Waals surface area contributed by atoms with Crippen molar-refractivity contribution in [2.75, 3.05) is 19.0 Å². The van der Waals surface area contributed by atoms with Crippen molar-refractivity contribution in [3.05, 3.63) is 52.0 Å². The highest BCUT2D eigenvalue weighted by atomic mass is 79.9. The molecule has 0 saturated heterocycles. The number of hydrogen-bond acceptors (Lipinski definition) is 4. The van der Waals surface area contributed by atoms with Gasteiger partial charge in [-0.1, -0.05) is 33.6 Å². The molecule has 0 aliphatic heterocycles. The van der Waals surface area contributed by atoms with E-state index in [2.05, 4.69) is 21.2 Å². The van der Waals surface area contributed by atoms with Crippen LogP contribution >= 0.6 is 15.9 Å². The maximum Gasteiger partial charge on any atom is 0.262 e. The Balaban J connectivity index is 2.06. The molecule has 2 aromatic carbocycles. The number of carbonyl (C=O) groups is 2. The lowest BCUT2D eigenvalue weighted by Gasteiger charge is -2.13. The second-order valence-corrected chi connectivity index (χ2v) is 5.76. The molecule has 2 aromatic rings.